The van der Waals surface area contributed by atoms with Crippen LogP contribution in [-0.2, 0) is 51.3 Å². The molecule has 2 atom stereocenters. The van der Waals surface area contributed by atoms with Gasteiger partial charge in [0.05, 0.1) is 32.7 Å². The molecule has 2 aromatic rings. The van der Waals surface area contributed by atoms with Gasteiger partial charge in [0.1, 0.15) is 0 Å². The fourth-order valence-electron chi connectivity index (χ4n) is 5.84. The van der Waals surface area contributed by atoms with E-state index < -0.39 is 62.8 Å². The van der Waals surface area contributed by atoms with E-state index >= 15 is 0 Å². The summed E-state index contributed by atoms with van der Waals surface area (Å²) < 4.78 is 130. The maximum Gasteiger partial charge on any atom is 0.294 e. The van der Waals surface area contributed by atoms with Crippen molar-refractivity contribution in [3.05, 3.63) is 83.6 Å². The SMILES string of the molecule is CC1(CCCS(=O)(=O)O)C(/C=C/C=C/C=C2/Nc3ccc(S(=O)(=O)O)cc3C2(C)CCCS(=O)(=O)O)=Nc2ccc(S(=O)(=O)O)cc21. The van der Waals surface area contributed by atoms with E-state index in [0.29, 0.717) is 33.9 Å². The molecule has 0 aromatic heterocycles. The molecule has 0 fully saturated rings. The zero-order chi connectivity index (χ0) is 35.1. The van der Waals surface area contributed by atoms with Gasteiger partial charge in [0.25, 0.3) is 40.5 Å². The second kappa shape index (κ2) is 13.0. The lowest BCUT2D eigenvalue weighted by molar-refractivity contribution is 0.468. The molecule has 0 amide bonds. The summed E-state index contributed by atoms with van der Waals surface area (Å²) in [6, 6.07) is 7.93. The Hall–Kier alpha value is -3.23. The number of allylic oxidation sites excluding steroid dienone is 6. The number of benzene rings is 2. The van der Waals surface area contributed by atoms with Gasteiger partial charge in [-0.05, 0) is 99.2 Å². The van der Waals surface area contributed by atoms with Crippen LogP contribution in [-0.4, -0.2) is 69.1 Å². The summed E-state index contributed by atoms with van der Waals surface area (Å²) in [7, 11) is -17.6. The van der Waals surface area contributed by atoms with Crippen molar-refractivity contribution in [1.29, 1.82) is 0 Å². The summed E-state index contributed by atoms with van der Waals surface area (Å²) in [5, 5.41) is 3.20. The van der Waals surface area contributed by atoms with Crippen LogP contribution in [0, 0.1) is 0 Å². The van der Waals surface area contributed by atoms with Gasteiger partial charge in [-0.1, -0.05) is 18.2 Å². The Labute approximate surface area is 274 Å². The normalized spacial score (nSPS) is 22.5. The van der Waals surface area contributed by atoms with Crippen LogP contribution in [0.15, 0.2) is 87.3 Å². The van der Waals surface area contributed by atoms with Gasteiger partial charge in [0, 0.05) is 22.2 Å². The van der Waals surface area contributed by atoms with Gasteiger partial charge in [0.2, 0.25) is 0 Å². The van der Waals surface area contributed by atoms with Crippen LogP contribution in [0.3, 0.4) is 0 Å². The molecule has 0 radical (unpaired) electrons. The van der Waals surface area contributed by atoms with E-state index in [2.05, 4.69) is 10.3 Å². The minimum atomic E-state index is -4.53. The third kappa shape index (κ3) is 8.63. The first-order valence-electron chi connectivity index (χ1n) is 14.1. The van der Waals surface area contributed by atoms with Crippen LogP contribution in [0.4, 0.5) is 11.4 Å². The van der Waals surface area contributed by atoms with Gasteiger partial charge >= 0.3 is 0 Å². The second-order valence-electron chi connectivity index (χ2n) is 11.7. The van der Waals surface area contributed by atoms with Crippen LogP contribution in [0.5, 0.6) is 0 Å². The smallest absolute Gasteiger partial charge is 0.294 e. The van der Waals surface area contributed by atoms with Gasteiger partial charge in [-0.25, -0.2) is 0 Å². The van der Waals surface area contributed by atoms with Crippen molar-refractivity contribution in [2.45, 2.75) is 60.2 Å². The molecule has 47 heavy (non-hydrogen) atoms. The Morgan fingerprint density at radius 3 is 1.79 bits per heavy atom. The predicted molar refractivity (Wildman–Crippen MR) is 176 cm³/mol. The molecule has 256 valence electrons. The molecule has 2 aliphatic rings. The Balaban J connectivity index is 1.63. The van der Waals surface area contributed by atoms with E-state index in [1.54, 1.807) is 44.2 Å². The quantitative estimate of drug-likeness (QED) is 0.143. The van der Waals surface area contributed by atoms with Crippen LogP contribution in [0.2, 0.25) is 0 Å². The molecule has 0 bridgehead atoms. The molecule has 14 nitrogen and oxygen atoms in total. The fraction of sp³-hybridized carbons (Fsp3) is 0.345. The standard InChI is InChI=1S/C29H34N2O12S4/c1-28(14-6-16-44(32,33)34)22-18-20(46(38,39)40)10-12-24(22)30-26(28)8-4-3-5-9-27-29(2,15-7-17-45(35,36)37)23-19-21(47(41,42)43)11-13-25(23)31-27/h3-5,8-13,18-19,30H,6-7,14-17H2,1-2H3,(H,32,33,34)(H,35,36,37)(H,38,39,40)(H,41,42,43)/b4-3+,9-5+,26-8+. The molecule has 5 N–H and O–H groups in total. The molecule has 18 heteroatoms. The van der Waals surface area contributed by atoms with Gasteiger partial charge in [-0.15, -0.1) is 0 Å². The number of fused-ring (bicyclic) bond motifs is 2. The Kier molecular flexibility index (Phi) is 10.1. The third-order valence-electron chi connectivity index (χ3n) is 8.31. The highest BCUT2D eigenvalue weighted by Gasteiger charge is 2.40. The third-order valence-corrected chi connectivity index (χ3v) is 11.6. The van der Waals surface area contributed by atoms with E-state index in [1.165, 1.54) is 36.4 Å². The molecule has 0 spiro atoms. The molecule has 0 saturated carbocycles. The topological polar surface area (TPSA) is 242 Å². The highest BCUT2D eigenvalue weighted by Crippen LogP contribution is 2.48. The van der Waals surface area contributed by atoms with Crippen molar-refractivity contribution in [2.24, 2.45) is 4.99 Å². The fourth-order valence-corrected chi connectivity index (χ4v) is 7.87. The molecule has 0 aliphatic carbocycles. The summed E-state index contributed by atoms with van der Waals surface area (Å²) in [5.41, 5.74) is 1.06. The van der Waals surface area contributed by atoms with Crippen molar-refractivity contribution < 1.29 is 51.9 Å². The van der Waals surface area contributed by atoms with Crippen LogP contribution in [0.25, 0.3) is 0 Å². The number of hydrogen-bond acceptors (Lipinski definition) is 10. The molecule has 2 unspecified atom stereocenters. The van der Waals surface area contributed by atoms with Gasteiger partial charge in [-0.3, -0.25) is 23.2 Å². The minimum absolute atomic E-state index is 0.0291. The Bertz CT molecular complexity index is 2150. The van der Waals surface area contributed by atoms with Crippen molar-refractivity contribution in [1.82, 2.24) is 0 Å². The maximum atomic E-state index is 11.8. The lowest BCUT2D eigenvalue weighted by Gasteiger charge is -2.26. The summed E-state index contributed by atoms with van der Waals surface area (Å²) in [4.78, 5) is 3.91. The van der Waals surface area contributed by atoms with Gasteiger partial charge < -0.3 is 5.32 Å². The van der Waals surface area contributed by atoms with Crippen molar-refractivity contribution in [3.8, 4) is 0 Å². The molecule has 0 saturated heterocycles. The number of rotatable bonds is 13. The predicted octanol–water partition coefficient (Wildman–Crippen LogP) is 4.24. The van der Waals surface area contributed by atoms with Crippen LogP contribution >= 0.6 is 0 Å². The average molecular weight is 731 g/mol. The molecular weight excluding hydrogens is 697 g/mol. The lowest BCUT2D eigenvalue weighted by atomic mass is 9.76. The largest absolute Gasteiger partial charge is 0.358 e. The Morgan fingerprint density at radius 1 is 0.702 bits per heavy atom. The van der Waals surface area contributed by atoms with Crippen LogP contribution in [0.1, 0.15) is 50.7 Å². The summed E-state index contributed by atoms with van der Waals surface area (Å²) in [5.74, 6) is -1.04. The maximum absolute atomic E-state index is 11.8. The second-order valence-corrected chi connectivity index (χ2v) is 17.7. The number of aliphatic imine (C=N–C) groups is 1. The van der Waals surface area contributed by atoms with Gasteiger partial charge in [-0.2, -0.15) is 33.7 Å². The molecule has 2 heterocycles. The summed E-state index contributed by atoms with van der Waals surface area (Å²) in [6.45, 7) is 3.51. The molecule has 2 aromatic carbocycles. The van der Waals surface area contributed by atoms with Gasteiger partial charge in [0.15, 0.2) is 0 Å². The van der Waals surface area contributed by atoms with E-state index in [4.69, 9.17) is 0 Å². The molecular formula is C29H34N2O12S4. The summed E-state index contributed by atoms with van der Waals surface area (Å²) in [6.07, 6.45) is 8.72. The zero-order valence-electron chi connectivity index (χ0n) is 25.2. The highest BCUT2D eigenvalue weighted by molar-refractivity contribution is 7.86. The first-order chi connectivity index (χ1) is 21.5. The first-order valence-corrected chi connectivity index (χ1v) is 20.2. The highest BCUT2D eigenvalue weighted by atomic mass is 32.2. The van der Waals surface area contributed by atoms with Crippen molar-refractivity contribution >= 4 is 57.6 Å². The van der Waals surface area contributed by atoms with E-state index in [-0.39, 0.29) is 35.5 Å². The van der Waals surface area contributed by atoms with Crippen molar-refractivity contribution in [2.75, 3.05) is 16.8 Å². The zero-order valence-corrected chi connectivity index (χ0v) is 28.5. The van der Waals surface area contributed by atoms with E-state index in [1.807, 2.05) is 0 Å². The van der Waals surface area contributed by atoms with Crippen molar-refractivity contribution in [3.63, 3.8) is 0 Å². The average Bonchev–Trinajstić information content (AvgIpc) is 3.36. The lowest BCUT2D eigenvalue weighted by Crippen LogP contribution is -2.29. The Morgan fingerprint density at radius 2 is 1.23 bits per heavy atom. The van der Waals surface area contributed by atoms with E-state index in [0.717, 1.165) is 0 Å². The number of anilines is 1. The number of nitrogens with one attached hydrogen (secondary N) is 1. The number of nitrogens with zero attached hydrogens (tertiary/aromatic N) is 1. The monoisotopic (exact) mass is 730 g/mol. The summed E-state index contributed by atoms with van der Waals surface area (Å²) >= 11 is 0. The number of hydrogen-bond donors (Lipinski definition) is 5. The van der Waals surface area contributed by atoms with Crippen LogP contribution < -0.4 is 5.32 Å². The first kappa shape index (κ1) is 36.6. The molecule has 4 rings (SSSR count). The molecule has 2 aliphatic heterocycles. The van der Waals surface area contributed by atoms with E-state index in [9.17, 15) is 51.9 Å². The minimum Gasteiger partial charge on any atom is -0.358 e.